The molecule has 0 amide bonds. The highest BCUT2D eigenvalue weighted by molar-refractivity contribution is 6.09. The number of hydrogen-bond donors (Lipinski definition) is 0. The lowest BCUT2D eigenvalue weighted by Gasteiger charge is -2.36. The van der Waals surface area contributed by atoms with Gasteiger partial charge in [0.25, 0.3) is 0 Å². The molecular formula is C15H24O. The average molecular weight is 220 g/mol. The minimum atomic E-state index is 0.0396. The SMILES string of the molecule is C/C=C(\C)C(=O)C1=C(C)[C@H](C)CCC1(C)C. The maximum Gasteiger partial charge on any atom is 0.184 e. The molecule has 0 spiro atoms. The van der Waals surface area contributed by atoms with Gasteiger partial charge >= 0.3 is 0 Å². The molecule has 0 saturated carbocycles. The quantitative estimate of drug-likeness (QED) is 0.634. The fourth-order valence-electron chi connectivity index (χ4n) is 2.51. The summed E-state index contributed by atoms with van der Waals surface area (Å²) in [6.07, 6.45) is 4.23. The van der Waals surface area contributed by atoms with Crippen LogP contribution in [0.15, 0.2) is 22.8 Å². The van der Waals surface area contributed by atoms with E-state index in [9.17, 15) is 4.79 Å². The maximum atomic E-state index is 12.4. The molecule has 1 atom stereocenters. The summed E-state index contributed by atoms with van der Waals surface area (Å²) >= 11 is 0. The first-order valence-corrected chi connectivity index (χ1v) is 6.20. The summed E-state index contributed by atoms with van der Waals surface area (Å²) in [4.78, 5) is 12.4. The van der Waals surface area contributed by atoms with Gasteiger partial charge in [-0.15, -0.1) is 0 Å². The Morgan fingerprint density at radius 2 is 2.00 bits per heavy atom. The van der Waals surface area contributed by atoms with E-state index in [2.05, 4.69) is 27.7 Å². The van der Waals surface area contributed by atoms with E-state index in [0.29, 0.717) is 5.92 Å². The first-order chi connectivity index (χ1) is 7.31. The number of hydrogen-bond acceptors (Lipinski definition) is 1. The van der Waals surface area contributed by atoms with E-state index in [-0.39, 0.29) is 11.2 Å². The summed E-state index contributed by atoms with van der Waals surface area (Å²) in [6.45, 7) is 12.6. The van der Waals surface area contributed by atoms with Gasteiger partial charge in [-0.3, -0.25) is 4.79 Å². The van der Waals surface area contributed by atoms with Crippen molar-refractivity contribution in [1.29, 1.82) is 0 Å². The van der Waals surface area contributed by atoms with Crippen LogP contribution in [0.3, 0.4) is 0 Å². The standard InChI is InChI=1S/C15H24O/c1-7-10(2)14(16)13-12(4)11(3)8-9-15(13,5)6/h7,11H,8-9H2,1-6H3/b10-7+/t11-/m1/s1. The average Bonchev–Trinajstić information content (AvgIpc) is 2.22. The zero-order valence-corrected chi connectivity index (χ0v) is 11.5. The van der Waals surface area contributed by atoms with Crippen molar-refractivity contribution in [3.63, 3.8) is 0 Å². The minimum Gasteiger partial charge on any atom is -0.289 e. The van der Waals surface area contributed by atoms with Crippen LogP contribution in [0.2, 0.25) is 0 Å². The van der Waals surface area contributed by atoms with Gasteiger partial charge < -0.3 is 0 Å². The molecule has 0 fully saturated rings. The predicted octanol–water partition coefficient (Wildman–Crippen LogP) is 4.29. The third kappa shape index (κ3) is 2.28. The van der Waals surface area contributed by atoms with Gasteiger partial charge in [0, 0.05) is 5.57 Å². The molecule has 0 aromatic carbocycles. The largest absolute Gasteiger partial charge is 0.289 e. The Morgan fingerprint density at radius 3 is 2.50 bits per heavy atom. The molecule has 1 heteroatoms. The molecule has 90 valence electrons. The Morgan fingerprint density at radius 1 is 1.44 bits per heavy atom. The highest BCUT2D eigenvalue weighted by Gasteiger charge is 2.35. The van der Waals surface area contributed by atoms with Crippen molar-refractivity contribution in [3.05, 3.63) is 22.8 Å². The second-order valence-corrected chi connectivity index (χ2v) is 5.68. The van der Waals surface area contributed by atoms with Gasteiger partial charge in [0.15, 0.2) is 5.78 Å². The van der Waals surface area contributed by atoms with Crippen LogP contribution in [0.25, 0.3) is 0 Å². The minimum absolute atomic E-state index is 0.0396. The fourth-order valence-corrected chi connectivity index (χ4v) is 2.51. The van der Waals surface area contributed by atoms with Gasteiger partial charge in [0.2, 0.25) is 0 Å². The van der Waals surface area contributed by atoms with E-state index < -0.39 is 0 Å². The van der Waals surface area contributed by atoms with Gasteiger partial charge in [-0.05, 0) is 50.5 Å². The molecule has 0 saturated heterocycles. The summed E-state index contributed by atoms with van der Waals surface area (Å²) in [5.41, 5.74) is 3.26. The first-order valence-electron chi connectivity index (χ1n) is 6.20. The number of ketones is 1. The van der Waals surface area contributed by atoms with Gasteiger partial charge in [-0.1, -0.05) is 32.4 Å². The van der Waals surface area contributed by atoms with Crippen molar-refractivity contribution >= 4 is 5.78 Å². The summed E-state index contributed by atoms with van der Waals surface area (Å²) < 4.78 is 0. The summed E-state index contributed by atoms with van der Waals surface area (Å²) in [5.74, 6) is 0.799. The number of allylic oxidation sites excluding steroid dienone is 4. The Kier molecular flexibility index (Phi) is 3.77. The molecule has 0 unspecified atom stereocenters. The molecule has 0 radical (unpaired) electrons. The molecule has 0 bridgehead atoms. The molecule has 0 aromatic rings. The Balaban J connectivity index is 3.25. The number of Topliss-reactive ketones (excluding diaryl/α,β-unsaturated/α-hetero) is 1. The second kappa shape index (κ2) is 4.57. The van der Waals surface area contributed by atoms with Crippen LogP contribution >= 0.6 is 0 Å². The van der Waals surface area contributed by atoms with Crippen molar-refractivity contribution < 1.29 is 4.79 Å². The van der Waals surface area contributed by atoms with Crippen molar-refractivity contribution in [2.45, 2.75) is 54.4 Å². The smallest absolute Gasteiger partial charge is 0.184 e. The lowest BCUT2D eigenvalue weighted by Crippen LogP contribution is -2.29. The molecule has 0 N–H and O–H groups in total. The lowest BCUT2D eigenvalue weighted by atomic mass is 9.67. The molecule has 0 heterocycles. The predicted molar refractivity (Wildman–Crippen MR) is 69.3 cm³/mol. The van der Waals surface area contributed by atoms with Crippen molar-refractivity contribution in [3.8, 4) is 0 Å². The van der Waals surface area contributed by atoms with Crippen molar-refractivity contribution in [2.24, 2.45) is 11.3 Å². The molecule has 1 aliphatic rings. The van der Waals surface area contributed by atoms with Crippen LogP contribution in [0.1, 0.15) is 54.4 Å². The number of rotatable bonds is 2. The normalized spacial score (nSPS) is 25.9. The van der Waals surface area contributed by atoms with Crippen LogP contribution in [-0.4, -0.2) is 5.78 Å². The van der Waals surface area contributed by atoms with Crippen LogP contribution in [0.5, 0.6) is 0 Å². The van der Waals surface area contributed by atoms with Crippen LogP contribution < -0.4 is 0 Å². The second-order valence-electron chi connectivity index (χ2n) is 5.68. The molecule has 16 heavy (non-hydrogen) atoms. The highest BCUT2D eigenvalue weighted by Crippen LogP contribution is 2.43. The van der Waals surface area contributed by atoms with Crippen molar-refractivity contribution in [1.82, 2.24) is 0 Å². The van der Waals surface area contributed by atoms with E-state index in [1.54, 1.807) is 0 Å². The van der Waals surface area contributed by atoms with Crippen molar-refractivity contribution in [2.75, 3.05) is 0 Å². The van der Waals surface area contributed by atoms with E-state index in [0.717, 1.165) is 17.6 Å². The van der Waals surface area contributed by atoms with Crippen LogP contribution in [-0.2, 0) is 4.79 Å². The molecule has 1 rings (SSSR count). The Bertz CT molecular complexity index is 356. The maximum absolute atomic E-state index is 12.4. The fraction of sp³-hybridized carbons (Fsp3) is 0.667. The lowest BCUT2D eigenvalue weighted by molar-refractivity contribution is -0.113. The number of carbonyl (C=O) groups is 1. The molecule has 0 aliphatic heterocycles. The van der Waals surface area contributed by atoms with Crippen LogP contribution in [0, 0.1) is 11.3 Å². The number of carbonyl (C=O) groups excluding carboxylic acids is 1. The van der Waals surface area contributed by atoms with Gasteiger partial charge in [0.05, 0.1) is 0 Å². The topological polar surface area (TPSA) is 17.1 Å². The summed E-state index contributed by atoms with van der Waals surface area (Å²) in [5, 5.41) is 0. The molecular weight excluding hydrogens is 196 g/mol. The van der Waals surface area contributed by atoms with E-state index >= 15 is 0 Å². The monoisotopic (exact) mass is 220 g/mol. The van der Waals surface area contributed by atoms with E-state index in [1.807, 2.05) is 19.9 Å². The van der Waals surface area contributed by atoms with Crippen LogP contribution in [0.4, 0.5) is 0 Å². The summed E-state index contributed by atoms with van der Waals surface area (Å²) in [7, 11) is 0. The third-order valence-corrected chi connectivity index (χ3v) is 4.03. The zero-order valence-electron chi connectivity index (χ0n) is 11.5. The van der Waals surface area contributed by atoms with E-state index in [1.165, 1.54) is 12.0 Å². The first kappa shape index (κ1) is 13.2. The zero-order chi connectivity index (χ0) is 12.5. The molecule has 1 aliphatic carbocycles. The summed E-state index contributed by atoms with van der Waals surface area (Å²) in [6, 6.07) is 0. The highest BCUT2D eigenvalue weighted by atomic mass is 16.1. The Hall–Kier alpha value is -0.850. The molecule has 0 aromatic heterocycles. The van der Waals surface area contributed by atoms with E-state index in [4.69, 9.17) is 0 Å². The van der Waals surface area contributed by atoms with Gasteiger partial charge in [-0.2, -0.15) is 0 Å². The van der Waals surface area contributed by atoms with Gasteiger partial charge in [0.1, 0.15) is 0 Å². The third-order valence-electron chi connectivity index (χ3n) is 4.03. The molecule has 1 nitrogen and oxygen atoms in total. The van der Waals surface area contributed by atoms with Gasteiger partial charge in [-0.25, -0.2) is 0 Å². The Labute approximate surface area is 99.6 Å².